The fraction of sp³-hybridized carbons (Fsp3) is 0.500. The third kappa shape index (κ3) is 3.69. The molecule has 1 rings (SSSR count). The van der Waals surface area contributed by atoms with Crippen molar-refractivity contribution >= 4 is 27.7 Å². The van der Waals surface area contributed by atoms with E-state index in [0.717, 1.165) is 15.3 Å². The standard InChI is InChI=1S/C10H14BrNS/c1-3-4-5-13-10-9(11)6-8(2)7-12-10/h6-7H,3-5H2,1-2H3. The number of hydrogen-bond acceptors (Lipinski definition) is 2. The van der Waals surface area contributed by atoms with Crippen LogP contribution < -0.4 is 0 Å². The molecule has 0 bridgehead atoms. The smallest absolute Gasteiger partial charge is 0.110 e. The van der Waals surface area contributed by atoms with Crippen LogP contribution in [0.15, 0.2) is 21.8 Å². The summed E-state index contributed by atoms with van der Waals surface area (Å²) < 4.78 is 1.12. The van der Waals surface area contributed by atoms with Gasteiger partial charge in [0.15, 0.2) is 0 Å². The number of aromatic nitrogens is 1. The largest absolute Gasteiger partial charge is 0.248 e. The minimum atomic E-state index is 1.11. The van der Waals surface area contributed by atoms with E-state index in [0.29, 0.717) is 0 Å². The highest BCUT2D eigenvalue weighted by atomic mass is 79.9. The van der Waals surface area contributed by atoms with Crippen LogP contribution in [0.4, 0.5) is 0 Å². The Morgan fingerprint density at radius 3 is 2.92 bits per heavy atom. The molecule has 0 aliphatic rings. The Labute approximate surface area is 92.5 Å². The average molecular weight is 260 g/mol. The van der Waals surface area contributed by atoms with E-state index in [-0.39, 0.29) is 0 Å². The van der Waals surface area contributed by atoms with Gasteiger partial charge in [0, 0.05) is 6.20 Å². The Balaban J connectivity index is 2.56. The summed E-state index contributed by atoms with van der Waals surface area (Å²) in [5, 5.41) is 1.11. The molecular weight excluding hydrogens is 246 g/mol. The molecule has 72 valence electrons. The van der Waals surface area contributed by atoms with Crippen LogP contribution in [0.5, 0.6) is 0 Å². The molecule has 1 aromatic heterocycles. The molecule has 0 saturated heterocycles. The van der Waals surface area contributed by atoms with Crippen LogP contribution in [0.3, 0.4) is 0 Å². The van der Waals surface area contributed by atoms with Gasteiger partial charge in [-0.1, -0.05) is 13.3 Å². The molecular formula is C10H14BrNS. The minimum Gasteiger partial charge on any atom is -0.248 e. The summed E-state index contributed by atoms with van der Waals surface area (Å²) in [4.78, 5) is 4.37. The van der Waals surface area contributed by atoms with Crippen molar-refractivity contribution in [3.8, 4) is 0 Å². The van der Waals surface area contributed by atoms with Gasteiger partial charge in [0.05, 0.1) is 4.47 Å². The molecule has 0 aromatic carbocycles. The Bertz CT molecular complexity index is 276. The lowest BCUT2D eigenvalue weighted by Crippen LogP contribution is -1.85. The summed E-state index contributed by atoms with van der Waals surface area (Å²) in [6.07, 6.45) is 4.42. The lowest BCUT2D eigenvalue weighted by molar-refractivity contribution is 0.894. The van der Waals surface area contributed by atoms with Gasteiger partial charge in [0.2, 0.25) is 0 Å². The first-order valence-corrected chi connectivity index (χ1v) is 6.27. The lowest BCUT2D eigenvalue weighted by atomic mass is 10.3. The normalized spacial score (nSPS) is 10.4. The highest BCUT2D eigenvalue weighted by molar-refractivity contribution is 9.10. The Kier molecular flexibility index (Phi) is 4.81. The molecule has 3 heteroatoms. The molecule has 0 amide bonds. The second-order valence-electron chi connectivity index (χ2n) is 3.00. The first-order chi connectivity index (χ1) is 6.24. The molecule has 0 spiro atoms. The van der Waals surface area contributed by atoms with E-state index < -0.39 is 0 Å². The predicted molar refractivity (Wildman–Crippen MR) is 62.3 cm³/mol. The zero-order valence-corrected chi connectivity index (χ0v) is 10.4. The lowest BCUT2D eigenvalue weighted by Gasteiger charge is -2.02. The highest BCUT2D eigenvalue weighted by Gasteiger charge is 2.01. The quantitative estimate of drug-likeness (QED) is 0.598. The number of halogens is 1. The molecule has 0 unspecified atom stereocenters. The van der Waals surface area contributed by atoms with Crippen molar-refractivity contribution in [2.75, 3.05) is 5.75 Å². The Morgan fingerprint density at radius 2 is 2.31 bits per heavy atom. The van der Waals surface area contributed by atoms with Crippen molar-refractivity contribution in [2.45, 2.75) is 31.7 Å². The van der Waals surface area contributed by atoms with Crippen LogP contribution in [0.1, 0.15) is 25.3 Å². The summed E-state index contributed by atoms with van der Waals surface area (Å²) in [6.45, 7) is 4.26. The van der Waals surface area contributed by atoms with E-state index in [1.165, 1.54) is 18.4 Å². The van der Waals surface area contributed by atoms with Gasteiger partial charge < -0.3 is 0 Å². The van der Waals surface area contributed by atoms with Crippen LogP contribution in [-0.2, 0) is 0 Å². The van der Waals surface area contributed by atoms with E-state index in [4.69, 9.17) is 0 Å². The SMILES string of the molecule is CCCCSc1ncc(C)cc1Br. The van der Waals surface area contributed by atoms with E-state index in [1.807, 2.05) is 18.0 Å². The summed E-state index contributed by atoms with van der Waals surface area (Å²) in [7, 11) is 0. The van der Waals surface area contributed by atoms with Crippen LogP contribution in [-0.4, -0.2) is 10.7 Å². The van der Waals surface area contributed by atoms with Gasteiger partial charge in [-0.25, -0.2) is 4.98 Å². The predicted octanol–water partition coefficient (Wildman–Crippen LogP) is 4.04. The highest BCUT2D eigenvalue weighted by Crippen LogP contribution is 2.26. The fourth-order valence-electron chi connectivity index (χ4n) is 0.940. The van der Waals surface area contributed by atoms with Gasteiger partial charge in [0.1, 0.15) is 5.03 Å². The second-order valence-corrected chi connectivity index (χ2v) is 4.94. The van der Waals surface area contributed by atoms with Gasteiger partial charge in [-0.3, -0.25) is 0 Å². The monoisotopic (exact) mass is 259 g/mol. The number of thioether (sulfide) groups is 1. The number of aryl methyl sites for hydroxylation is 1. The maximum absolute atomic E-state index is 4.37. The number of hydrogen-bond donors (Lipinski definition) is 0. The summed E-state index contributed by atoms with van der Waals surface area (Å²) in [5.74, 6) is 1.16. The van der Waals surface area contributed by atoms with Crippen molar-refractivity contribution in [3.05, 3.63) is 22.3 Å². The van der Waals surface area contributed by atoms with Crippen LogP contribution in [0.2, 0.25) is 0 Å². The van der Waals surface area contributed by atoms with Crippen LogP contribution in [0, 0.1) is 6.92 Å². The molecule has 0 fully saturated rings. The number of unbranched alkanes of at least 4 members (excludes halogenated alkanes) is 1. The molecule has 0 aliphatic heterocycles. The van der Waals surface area contributed by atoms with Crippen molar-refractivity contribution in [2.24, 2.45) is 0 Å². The third-order valence-corrected chi connectivity index (χ3v) is 3.64. The van der Waals surface area contributed by atoms with Crippen LogP contribution >= 0.6 is 27.7 Å². The van der Waals surface area contributed by atoms with Gasteiger partial charge in [-0.2, -0.15) is 0 Å². The van der Waals surface area contributed by atoms with Gasteiger partial charge in [0.25, 0.3) is 0 Å². The molecule has 1 aromatic rings. The maximum atomic E-state index is 4.37. The molecule has 0 radical (unpaired) electrons. The summed E-state index contributed by atoms with van der Waals surface area (Å²) in [5.41, 5.74) is 1.20. The van der Waals surface area contributed by atoms with Crippen molar-refractivity contribution in [1.29, 1.82) is 0 Å². The van der Waals surface area contributed by atoms with E-state index in [2.05, 4.69) is 40.8 Å². The molecule has 0 aliphatic carbocycles. The molecule has 1 nitrogen and oxygen atoms in total. The maximum Gasteiger partial charge on any atom is 0.110 e. The molecule has 1 heterocycles. The third-order valence-electron chi connectivity index (χ3n) is 1.68. The number of pyridine rings is 1. The summed E-state index contributed by atoms with van der Waals surface area (Å²) in [6, 6.07) is 2.11. The van der Waals surface area contributed by atoms with Gasteiger partial charge in [-0.15, -0.1) is 11.8 Å². The fourth-order valence-corrected chi connectivity index (χ4v) is 2.70. The van der Waals surface area contributed by atoms with Gasteiger partial charge in [-0.05, 0) is 46.7 Å². The molecule has 0 atom stereocenters. The van der Waals surface area contributed by atoms with Crippen LogP contribution in [0.25, 0.3) is 0 Å². The number of nitrogens with zero attached hydrogens (tertiary/aromatic N) is 1. The Morgan fingerprint density at radius 1 is 1.54 bits per heavy atom. The topological polar surface area (TPSA) is 12.9 Å². The van der Waals surface area contributed by atoms with Crippen molar-refractivity contribution in [1.82, 2.24) is 4.98 Å². The zero-order valence-electron chi connectivity index (χ0n) is 8.01. The first kappa shape index (κ1) is 11.1. The minimum absolute atomic E-state index is 1.11. The second kappa shape index (κ2) is 5.66. The molecule has 0 saturated carbocycles. The zero-order chi connectivity index (χ0) is 9.68. The van der Waals surface area contributed by atoms with E-state index in [9.17, 15) is 0 Å². The average Bonchev–Trinajstić information content (AvgIpc) is 2.09. The van der Waals surface area contributed by atoms with Crippen molar-refractivity contribution in [3.63, 3.8) is 0 Å². The van der Waals surface area contributed by atoms with Gasteiger partial charge >= 0.3 is 0 Å². The molecule has 13 heavy (non-hydrogen) atoms. The first-order valence-electron chi connectivity index (χ1n) is 4.49. The summed E-state index contributed by atoms with van der Waals surface area (Å²) >= 11 is 5.34. The van der Waals surface area contributed by atoms with Crippen molar-refractivity contribution < 1.29 is 0 Å². The van der Waals surface area contributed by atoms with E-state index >= 15 is 0 Å². The Hall–Kier alpha value is -0.0200. The van der Waals surface area contributed by atoms with E-state index in [1.54, 1.807) is 0 Å². The molecule has 0 N–H and O–H groups in total. The number of rotatable bonds is 4.